The third-order valence-corrected chi connectivity index (χ3v) is 3.22. The maximum atomic E-state index is 13.6. The summed E-state index contributed by atoms with van der Waals surface area (Å²) in [5.74, 6) is -2.27. The number of halogens is 2. The number of hydrogen-bond donors (Lipinski definition) is 1. The molecular formula is C16H16F2N2O. The summed E-state index contributed by atoms with van der Waals surface area (Å²) in [4.78, 5) is 13.8. The SMILES string of the molecule is CCN(C(=O)Cc1cccc(F)c1F)c1ccccc1N. The smallest absolute Gasteiger partial charge is 0.231 e. The molecule has 5 heteroatoms. The minimum absolute atomic E-state index is 0.0351. The molecule has 0 fully saturated rings. The number of carbonyl (C=O) groups excluding carboxylic acids is 1. The van der Waals surface area contributed by atoms with E-state index in [0.29, 0.717) is 17.9 Å². The summed E-state index contributed by atoms with van der Waals surface area (Å²) in [5.41, 5.74) is 6.93. The van der Waals surface area contributed by atoms with Crippen LogP contribution >= 0.6 is 0 Å². The Kier molecular flexibility index (Phi) is 4.52. The highest BCUT2D eigenvalue weighted by Gasteiger charge is 2.19. The second kappa shape index (κ2) is 6.35. The highest BCUT2D eigenvalue weighted by Crippen LogP contribution is 2.23. The van der Waals surface area contributed by atoms with Crippen molar-refractivity contribution in [2.45, 2.75) is 13.3 Å². The van der Waals surface area contributed by atoms with Gasteiger partial charge < -0.3 is 10.6 Å². The molecule has 2 N–H and O–H groups in total. The van der Waals surface area contributed by atoms with Gasteiger partial charge in [-0.25, -0.2) is 8.78 Å². The van der Waals surface area contributed by atoms with Crippen LogP contribution in [0.3, 0.4) is 0 Å². The van der Waals surface area contributed by atoms with Gasteiger partial charge in [-0.1, -0.05) is 24.3 Å². The minimum Gasteiger partial charge on any atom is -0.397 e. The molecule has 0 aliphatic heterocycles. The lowest BCUT2D eigenvalue weighted by molar-refractivity contribution is -0.118. The van der Waals surface area contributed by atoms with Crippen molar-refractivity contribution in [3.63, 3.8) is 0 Å². The number of likely N-dealkylation sites (N-methyl/N-ethyl adjacent to an activating group) is 1. The van der Waals surface area contributed by atoms with Gasteiger partial charge in [-0.2, -0.15) is 0 Å². The highest BCUT2D eigenvalue weighted by molar-refractivity contribution is 5.97. The number of carbonyl (C=O) groups is 1. The fourth-order valence-electron chi connectivity index (χ4n) is 2.16. The largest absolute Gasteiger partial charge is 0.397 e. The zero-order valence-corrected chi connectivity index (χ0v) is 11.6. The Morgan fingerprint density at radius 2 is 1.86 bits per heavy atom. The van der Waals surface area contributed by atoms with Crippen LogP contribution in [0.4, 0.5) is 20.2 Å². The number of nitrogens with zero attached hydrogens (tertiary/aromatic N) is 1. The summed E-state index contributed by atoms with van der Waals surface area (Å²) in [6.07, 6.45) is -0.217. The minimum atomic E-state index is -0.983. The van der Waals surface area contributed by atoms with E-state index in [1.807, 2.05) is 0 Å². The van der Waals surface area contributed by atoms with Crippen LogP contribution in [0.1, 0.15) is 12.5 Å². The van der Waals surface area contributed by atoms with Crippen LogP contribution in [0, 0.1) is 11.6 Å². The second-order valence-corrected chi connectivity index (χ2v) is 4.59. The molecule has 2 rings (SSSR count). The van der Waals surface area contributed by atoms with Crippen molar-refractivity contribution in [1.29, 1.82) is 0 Å². The van der Waals surface area contributed by atoms with Crippen molar-refractivity contribution >= 4 is 17.3 Å². The number of amides is 1. The third-order valence-electron chi connectivity index (χ3n) is 3.22. The van der Waals surface area contributed by atoms with E-state index in [9.17, 15) is 13.6 Å². The summed E-state index contributed by atoms with van der Waals surface area (Å²) in [7, 11) is 0. The van der Waals surface area contributed by atoms with Crippen LogP contribution in [-0.4, -0.2) is 12.5 Å². The number of anilines is 2. The van der Waals surface area contributed by atoms with E-state index in [-0.39, 0.29) is 17.9 Å². The van der Waals surface area contributed by atoms with E-state index in [2.05, 4.69) is 0 Å². The van der Waals surface area contributed by atoms with E-state index in [4.69, 9.17) is 5.73 Å². The number of rotatable bonds is 4. The van der Waals surface area contributed by atoms with Crippen LogP contribution < -0.4 is 10.6 Å². The van der Waals surface area contributed by atoms with E-state index < -0.39 is 11.6 Å². The zero-order chi connectivity index (χ0) is 15.4. The average Bonchev–Trinajstić information content (AvgIpc) is 2.47. The number of nitrogens with two attached hydrogens (primary N) is 1. The van der Waals surface area contributed by atoms with Gasteiger partial charge in [0.2, 0.25) is 5.91 Å². The Balaban J connectivity index is 2.26. The van der Waals surface area contributed by atoms with Crippen LogP contribution in [0.15, 0.2) is 42.5 Å². The third kappa shape index (κ3) is 3.18. The van der Waals surface area contributed by atoms with Crippen molar-refractivity contribution < 1.29 is 13.6 Å². The molecule has 0 saturated carbocycles. The predicted octanol–water partition coefficient (Wildman–Crippen LogP) is 3.14. The summed E-state index contributed by atoms with van der Waals surface area (Å²) < 4.78 is 26.8. The van der Waals surface area contributed by atoms with Crippen LogP contribution in [-0.2, 0) is 11.2 Å². The molecule has 0 spiro atoms. The Morgan fingerprint density at radius 3 is 2.52 bits per heavy atom. The average molecular weight is 290 g/mol. The Bertz CT molecular complexity index is 658. The van der Waals surface area contributed by atoms with Gasteiger partial charge in [-0.3, -0.25) is 4.79 Å². The van der Waals surface area contributed by atoms with Gasteiger partial charge in [0, 0.05) is 12.1 Å². The predicted molar refractivity (Wildman–Crippen MR) is 78.9 cm³/mol. The molecule has 0 saturated heterocycles. The molecule has 0 aliphatic rings. The first-order chi connectivity index (χ1) is 10.0. The Morgan fingerprint density at radius 1 is 1.14 bits per heavy atom. The first-order valence-electron chi connectivity index (χ1n) is 6.62. The zero-order valence-electron chi connectivity index (χ0n) is 11.6. The Labute approximate surface area is 122 Å². The van der Waals surface area contributed by atoms with Gasteiger partial charge in [0.05, 0.1) is 17.8 Å². The van der Waals surface area contributed by atoms with Gasteiger partial charge in [-0.05, 0) is 25.1 Å². The molecule has 0 heterocycles. The summed E-state index contributed by atoms with van der Waals surface area (Å²) >= 11 is 0. The molecule has 3 nitrogen and oxygen atoms in total. The first-order valence-corrected chi connectivity index (χ1v) is 6.62. The van der Waals surface area contributed by atoms with Crippen molar-refractivity contribution in [2.24, 2.45) is 0 Å². The molecule has 0 aliphatic carbocycles. The molecule has 21 heavy (non-hydrogen) atoms. The van der Waals surface area contributed by atoms with Gasteiger partial charge in [0.25, 0.3) is 0 Å². The van der Waals surface area contributed by atoms with Crippen molar-refractivity contribution in [3.05, 3.63) is 59.7 Å². The van der Waals surface area contributed by atoms with E-state index in [0.717, 1.165) is 6.07 Å². The molecule has 0 atom stereocenters. The maximum absolute atomic E-state index is 13.6. The van der Waals surface area contributed by atoms with Gasteiger partial charge in [0.15, 0.2) is 11.6 Å². The number of nitrogen functional groups attached to an aromatic ring is 1. The van der Waals surface area contributed by atoms with Gasteiger partial charge >= 0.3 is 0 Å². The monoisotopic (exact) mass is 290 g/mol. The van der Waals surface area contributed by atoms with Gasteiger partial charge in [-0.15, -0.1) is 0 Å². The number of benzene rings is 2. The molecule has 0 radical (unpaired) electrons. The molecule has 1 amide bonds. The lowest BCUT2D eigenvalue weighted by Gasteiger charge is -2.22. The molecule has 0 bridgehead atoms. The van der Waals surface area contributed by atoms with Crippen molar-refractivity contribution in [1.82, 2.24) is 0 Å². The van der Waals surface area contributed by atoms with Crippen LogP contribution in [0.5, 0.6) is 0 Å². The molecule has 2 aromatic rings. The summed E-state index contributed by atoms with van der Waals surface area (Å²) in [6.45, 7) is 2.19. The standard InChI is InChI=1S/C16H16F2N2O/c1-2-20(14-9-4-3-8-13(14)19)15(21)10-11-6-5-7-12(17)16(11)18/h3-9H,2,10,19H2,1H3. The lowest BCUT2D eigenvalue weighted by Crippen LogP contribution is -2.32. The van der Waals surface area contributed by atoms with Gasteiger partial charge in [0.1, 0.15) is 0 Å². The number of para-hydroxylation sites is 2. The molecule has 0 aromatic heterocycles. The fraction of sp³-hybridized carbons (Fsp3) is 0.188. The van der Waals surface area contributed by atoms with E-state index in [1.165, 1.54) is 17.0 Å². The lowest BCUT2D eigenvalue weighted by atomic mass is 10.1. The van der Waals surface area contributed by atoms with Crippen molar-refractivity contribution in [3.8, 4) is 0 Å². The normalized spacial score (nSPS) is 10.4. The topological polar surface area (TPSA) is 46.3 Å². The number of hydrogen-bond acceptors (Lipinski definition) is 2. The molecule has 110 valence electrons. The van der Waals surface area contributed by atoms with Crippen LogP contribution in [0.2, 0.25) is 0 Å². The van der Waals surface area contributed by atoms with E-state index >= 15 is 0 Å². The second-order valence-electron chi connectivity index (χ2n) is 4.59. The molecule has 2 aromatic carbocycles. The molecular weight excluding hydrogens is 274 g/mol. The quantitative estimate of drug-likeness (QED) is 0.879. The van der Waals surface area contributed by atoms with E-state index in [1.54, 1.807) is 31.2 Å². The first kappa shape index (κ1) is 15.0. The van der Waals surface area contributed by atoms with Crippen molar-refractivity contribution in [2.75, 3.05) is 17.2 Å². The highest BCUT2D eigenvalue weighted by atomic mass is 19.2. The maximum Gasteiger partial charge on any atom is 0.231 e. The van der Waals surface area contributed by atoms with Crippen LogP contribution in [0.25, 0.3) is 0 Å². The summed E-state index contributed by atoms with van der Waals surface area (Å²) in [5, 5.41) is 0. The fourth-order valence-corrected chi connectivity index (χ4v) is 2.16. The molecule has 0 unspecified atom stereocenters. The summed E-state index contributed by atoms with van der Waals surface area (Å²) in [6, 6.07) is 10.8. The Hall–Kier alpha value is -2.43.